The summed E-state index contributed by atoms with van der Waals surface area (Å²) in [7, 11) is 0. The van der Waals surface area contributed by atoms with Gasteiger partial charge in [-0.1, -0.05) is 32.0 Å². The molecule has 33 heavy (non-hydrogen) atoms. The molecule has 0 saturated carbocycles. The lowest BCUT2D eigenvalue weighted by Crippen LogP contribution is -2.56. The Morgan fingerprint density at radius 1 is 1.06 bits per heavy atom. The molecule has 3 atom stereocenters. The van der Waals surface area contributed by atoms with Crippen LogP contribution in [0.25, 0.3) is 10.9 Å². The number of hydrogen-bond donors (Lipinski definition) is 7. The first-order valence-corrected chi connectivity index (χ1v) is 10.8. The molecule has 0 fully saturated rings. The van der Waals surface area contributed by atoms with E-state index in [2.05, 4.69) is 20.9 Å². The zero-order valence-corrected chi connectivity index (χ0v) is 18.8. The summed E-state index contributed by atoms with van der Waals surface area (Å²) in [6.45, 7) is 3.76. The number of fused-ring (bicyclic) bond motifs is 1. The molecule has 2 aromatic rings. The van der Waals surface area contributed by atoms with Crippen LogP contribution < -0.4 is 27.4 Å². The molecule has 0 aliphatic heterocycles. The molecule has 9 N–H and O–H groups in total. The normalized spacial score (nSPS) is 13.8. The summed E-state index contributed by atoms with van der Waals surface area (Å²) in [6.07, 6.45) is 2.25. The van der Waals surface area contributed by atoms with Crippen molar-refractivity contribution in [3.8, 4) is 0 Å². The Balaban J connectivity index is 2.17. The van der Waals surface area contributed by atoms with E-state index in [1.54, 1.807) is 20.0 Å². The molecule has 0 aliphatic rings. The van der Waals surface area contributed by atoms with Crippen molar-refractivity contribution in [1.29, 1.82) is 0 Å². The number of para-hydroxylation sites is 1. The molecule has 0 spiro atoms. The van der Waals surface area contributed by atoms with Gasteiger partial charge in [0.15, 0.2) is 0 Å². The number of primary amides is 1. The van der Waals surface area contributed by atoms with Crippen molar-refractivity contribution < 1.29 is 24.3 Å². The molecule has 0 bridgehead atoms. The number of urea groups is 1. The van der Waals surface area contributed by atoms with E-state index in [4.69, 9.17) is 11.5 Å². The molecule has 11 heteroatoms. The summed E-state index contributed by atoms with van der Waals surface area (Å²) >= 11 is 0. The minimum atomic E-state index is -1.22. The first-order chi connectivity index (χ1) is 15.6. The van der Waals surface area contributed by atoms with Gasteiger partial charge in [0.1, 0.15) is 12.1 Å². The summed E-state index contributed by atoms with van der Waals surface area (Å²) in [5.41, 5.74) is 12.6. The second-order valence-electron chi connectivity index (χ2n) is 8.23. The van der Waals surface area contributed by atoms with Crippen LogP contribution in [0, 0.1) is 5.92 Å². The van der Waals surface area contributed by atoms with Gasteiger partial charge in [0.2, 0.25) is 11.8 Å². The van der Waals surface area contributed by atoms with Gasteiger partial charge < -0.3 is 37.5 Å². The summed E-state index contributed by atoms with van der Waals surface area (Å²) in [5, 5.41) is 17.9. The van der Waals surface area contributed by atoms with Gasteiger partial charge in [-0.3, -0.25) is 9.59 Å². The third-order valence-electron chi connectivity index (χ3n) is 5.34. The third kappa shape index (κ3) is 7.49. The highest BCUT2D eigenvalue weighted by molar-refractivity contribution is 5.93. The molecular weight excluding hydrogens is 428 g/mol. The molecule has 0 saturated heterocycles. The number of carboxylic acids is 1. The van der Waals surface area contributed by atoms with Gasteiger partial charge in [0.05, 0.1) is 6.04 Å². The number of carboxylic acid groups (broad SMARTS) is 1. The van der Waals surface area contributed by atoms with Gasteiger partial charge in [-0.25, -0.2) is 9.59 Å². The molecule has 0 aliphatic carbocycles. The zero-order chi connectivity index (χ0) is 24.5. The smallest absolute Gasteiger partial charge is 0.326 e. The van der Waals surface area contributed by atoms with E-state index in [0.717, 1.165) is 16.5 Å². The van der Waals surface area contributed by atoms with Crippen LogP contribution in [0.5, 0.6) is 0 Å². The number of nitrogens with two attached hydrogens (primary N) is 2. The average molecular weight is 461 g/mol. The molecule has 1 aromatic carbocycles. The van der Waals surface area contributed by atoms with E-state index in [1.807, 2.05) is 24.3 Å². The van der Waals surface area contributed by atoms with Gasteiger partial charge in [0.25, 0.3) is 0 Å². The van der Waals surface area contributed by atoms with E-state index in [1.165, 1.54) is 0 Å². The largest absolute Gasteiger partial charge is 0.480 e. The molecule has 2 rings (SSSR count). The van der Waals surface area contributed by atoms with Crippen molar-refractivity contribution in [2.75, 3.05) is 6.54 Å². The number of benzene rings is 1. The molecule has 0 radical (unpaired) electrons. The number of aromatic nitrogens is 1. The van der Waals surface area contributed by atoms with E-state index in [0.29, 0.717) is 0 Å². The maximum absolute atomic E-state index is 13.1. The number of carbonyl (C=O) groups excluding carboxylic acids is 3. The average Bonchev–Trinajstić information content (AvgIpc) is 3.17. The van der Waals surface area contributed by atoms with E-state index >= 15 is 0 Å². The van der Waals surface area contributed by atoms with Crippen LogP contribution >= 0.6 is 0 Å². The van der Waals surface area contributed by atoms with E-state index in [9.17, 15) is 24.3 Å². The summed E-state index contributed by atoms with van der Waals surface area (Å²) in [6, 6.07) is 3.75. The minimum Gasteiger partial charge on any atom is -0.480 e. The number of carbonyl (C=O) groups is 4. The quantitative estimate of drug-likeness (QED) is 0.221. The first-order valence-electron chi connectivity index (χ1n) is 10.8. The van der Waals surface area contributed by atoms with Crippen molar-refractivity contribution >= 4 is 34.7 Å². The highest BCUT2D eigenvalue weighted by Crippen LogP contribution is 2.19. The minimum absolute atomic E-state index is 0.0701. The highest BCUT2D eigenvalue weighted by atomic mass is 16.4. The molecule has 3 unspecified atom stereocenters. The van der Waals surface area contributed by atoms with Crippen molar-refractivity contribution in [3.63, 3.8) is 0 Å². The van der Waals surface area contributed by atoms with Gasteiger partial charge in [-0.2, -0.15) is 0 Å². The van der Waals surface area contributed by atoms with Crippen LogP contribution in [-0.2, 0) is 20.8 Å². The lowest BCUT2D eigenvalue weighted by molar-refractivity contribution is -0.142. The van der Waals surface area contributed by atoms with Gasteiger partial charge in [-0.15, -0.1) is 0 Å². The second kappa shape index (κ2) is 11.9. The predicted octanol–water partition coefficient (Wildman–Crippen LogP) is 0.196. The Bertz CT molecular complexity index is 989. The summed E-state index contributed by atoms with van der Waals surface area (Å²) < 4.78 is 0. The first kappa shape index (κ1) is 25.7. The molecule has 4 amide bonds. The van der Waals surface area contributed by atoms with Gasteiger partial charge >= 0.3 is 12.0 Å². The highest BCUT2D eigenvalue weighted by Gasteiger charge is 2.29. The fraction of sp³-hybridized carbons (Fsp3) is 0.455. The number of rotatable bonds is 12. The van der Waals surface area contributed by atoms with Crippen LogP contribution in [0.2, 0.25) is 0 Å². The fourth-order valence-electron chi connectivity index (χ4n) is 3.35. The number of aliphatic carboxylic acids is 1. The Morgan fingerprint density at radius 3 is 2.36 bits per heavy atom. The number of nitrogens with one attached hydrogen (secondary N) is 4. The van der Waals surface area contributed by atoms with E-state index < -0.39 is 41.9 Å². The monoisotopic (exact) mass is 460 g/mol. The number of amides is 4. The van der Waals surface area contributed by atoms with Crippen LogP contribution in [-0.4, -0.2) is 58.6 Å². The molecular formula is C22H32N6O5. The lowest BCUT2D eigenvalue weighted by atomic mass is 10.0. The van der Waals surface area contributed by atoms with Crippen LogP contribution in [0.3, 0.4) is 0 Å². The maximum atomic E-state index is 13.1. The maximum Gasteiger partial charge on any atom is 0.326 e. The van der Waals surface area contributed by atoms with Gasteiger partial charge in [0, 0.05) is 30.1 Å². The standard InChI is InChI=1S/C22H32N6O5/c1-12(2)18(23)20(30)28-17(10-13-11-26-15-7-4-3-6-14(13)15)19(29)27-16(21(31)32)8-5-9-25-22(24)33/h3-4,6-7,11-12,16-18,26H,5,8-10,23H2,1-2H3,(H,27,29)(H,28,30)(H,31,32)(H3,24,25,33). The number of hydrogen-bond acceptors (Lipinski definition) is 5. The third-order valence-corrected chi connectivity index (χ3v) is 5.34. The zero-order valence-electron chi connectivity index (χ0n) is 18.8. The fourth-order valence-corrected chi connectivity index (χ4v) is 3.35. The molecule has 1 heterocycles. The lowest BCUT2D eigenvalue weighted by Gasteiger charge is -2.24. The van der Waals surface area contributed by atoms with Crippen LogP contribution in [0.4, 0.5) is 4.79 Å². The van der Waals surface area contributed by atoms with Gasteiger partial charge in [-0.05, 0) is 30.4 Å². The summed E-state index contributed by atoms with van der Waals surface area (Å²) in [4.78, 5) is 51.2. The summed E-state index contributed by atoms with van der Waals surface area (Å²) in [5.74, 6) is -2.51. The second-order valence-corrected chi connectivity index (χ2v) is 8.23. The Kier molecular flexibility index (Phi) is 9.22. The number of aromatic amines is 1. The number of H-pyrrole nitrogens is 1. The molecule has 1 aromatic heterocycles. The van der Waals surface area contributed by atoms with Crippen LogP contribution in [0.1, 0.15) is 32.3 Å². The Hall–Kier alpha value is -3.60. The van der Waals surface area contributed by atoms with Crippen LogP contribution in [0.15, 0.2) is 30.5 Å². The van der Waals surface area contributed by atoms with Crippen molar-refractivity contribution in [2.24, 2.45) is 17.4 Å². The van der Waals surface area contributed by atoms with Crippen molar-refractivity contribution in [2.45, 2.75) is 51.2 Å². The SMILES string of the molecule is CC(C)C(N)C(=O)NC(Cc1c[nH]c2ccccc12)C(=O)NC(CCCNC(N)=O)C(=O)O. The molecule has 180 valence electrons. The topological polar surface area (TPSA) is 192 Å². The van der Waals surface area contributed by atoms with Crippen molar-refractivity contribution in [1.82, 2.24) is 20.9 Å². The van der Waals surface area contributed by atoms with E-state index in [-0.39, 0.29) is 31.7 Å². The predicted molar refractivity (Wildman–Crippen MR) is 123 cm³/mol. The Morgan fingerprint density at radius 2 is 1.73 bits per heavy atom. The van der Waals surface area contributed by atoms with Crippen molar-refractivity contribution in [3.05, 3.63) is 36.0 Å². The molecule has 11 nitrogen and oxygen atoms in total. The Labute approximate surface area is 191 Å².